The van der Waals surface area contributed by atoms with E-state index in [0.717, 1.165) is 54.6 Å². The van der Waals surface area contributed by atoms with Gasteiger partial charge in [-0.15, -0.1) is 6.58 Å². The number of rotatable bonds is 2. The molecule has 2 heteroatoms. The Morgan fingerprint density at radius 2 is 1.96 bits per heavy atom. The van der Waals surface area contributed by atoms with Crippen molar-refractivity contribution in [3.8, 4) is 0 Å². The molecule has 0 aromatic heterocycles. The molecule has 2 nitrogen and oxygen atoms in total. The lowest BCUT2D eigenvalue weighted by Gasteiger charge is -2.58. The lowest BCUT2D eigenvalue weighted by atomic mass is 9.48. The van der Waals surface area contributed by atoms with Gasteiger partial charge in [0.2, 0.25) is 0 Å². The standard InChI is InChI=1S/C21H32N2.C4H8/c1-3-20-8-7-17-19(16(20)5-4-12(20)2)15-11-14(15)18-10-13(22)6-9-21(17,18)23;1-3-4-2/h10,12,14-17,19,22H,3-9,11,23H2,1-2H3;3H,1,4H2,2H3. The average Bonchev–Trinajstić information content (AvgIpc) is 3.40. The van der Waals surface area contributed by atoms with Gasteiger partial charge in [0.05, 0.1) is 0 Å². The van der Waals surface area contributed by atoms with Gasteiger partial charge in [-0.05, 0) is 110 Å². The Balaban J connectivity index is 0.000000413. The number of nitrogens with two attached hydrogens (primary N) is 1. The van der Waals surface area contributed by atoms with Crippen LogP contribution in [0.15, 0.2) is 24.3 Å². The molecule has 0 spiro atoms. The second-order valence-corrected chi connectivity index (χ2v) is 10.3. The molecule has 5 aliphatic rings. The smallest absolute Gasteiger partial charge is 0.0410 e. The van der Waals surface area contributed by atoms with Gasteiger partial charge in [-0.1, -0.05) is 26.8 Å². The van der Waals surface area contributed by atoms with Crippen LogP contribution in [0.25, 0.3) is 0 Å². The lowest BCUT2D eigenvalue weighted by molar-refractivity contribution is -0.0453. The van der Waals surface area contributed by atoms with Crippen molar-refractivity contribution in [1.82, 2.24) is 0 Å². The second-order valence-electron chi connectivity index (χ2n) is 10.3. The van der Waals surface area contributed by atoms with E-state index in [4.69, 9.17) is 11.1 Å². The molecular formula is C25H40N2. The highest BCUT2D eigenvalue weighted by molar-refractivity contribution is 5.94. The highest BCUT2D eigenvalue weighted by Crippen LogP contribution is 2.72. The van der Waals surface area contributed by atoms with Gasteiger partial charge in [0.15, 0.2) is 0 Å². The molecule has 0 saturated heterocycles. The zero-order chi connectivity index (χ0) is 19.4. The van der Waals surface area contributed by atoms with Crippen molar-refractivity contribution >= 4 is 5.71 Å². The fraction of sp³-hybridized carbons (Fsp3) is 0.800. The summed E-state index contributed by atoms with van der Waals surface area (Å²) in [6.45, 7) is 10.5. The Morgan fingerprint density at radius 1 is 1.22 bits per heavy atom. The molecule has 5 aliphatic carbocycles. The first-order valence-electron chi connectivity index (χ1n) is 11.6. The van der Waals surface area contributed by atoms with E-state index in [1.807, 2.05) is 6.08 Å². The third-order valence-corrected chi connectivity index (χ3v) is 9.50. The Kier molecular flexibility index (Phi) is 4.94. The largest absolute Gasteiger partial charge is 0.321 e. The average molecular weight is 369 g/mol. The zero-order valence-corrected chi connectivity index (χ0v) is 17.8. The van der Waals surface area contributed by atoms with Gasteiger partial charge in [-0.3, -0.25) is 0 Å². The highest BCUT2D eigenvalue weighted by Gasteiger charge is 2.67. The molecule has 0 amide bonds. The third-order valence-electron chi connectivity index (χ3n) is 9.50. The maximum atomic E-state index is 8.11. The molecule has 0 aromatic carbocycles. The van der Waals surface area contributed by atoms with E-state index in [2.05, 4.69) is 33.4 Å². The number of allylic oxidation sites excluding steroid dienone is 2. The van der Waals surface area contributed by atoms with Gasteiger partial charge < -0.3 is 11.1 Å². The quantitative estimate of drug-likeness (QED) is 0.566. The first-order valence-corrected chi connectivity index (χ1v) is 11.6. The zero-order valence-electron chi connectivity index (χ0n) is 17.8. The van der Waals surface area contributed by atoms with E-state index < -0.39 is 0 Å². The van der Waals surface area contributed by atoms with Crippen molar-refractivity contribution in [3.05, 3.63) is 24.3 Å². The van der Waals surface area contributed by atoms with E-state index in [-0.39, 0.29) is 5.54 Å². The Hall–Kier alpha value is -0.890. The minimum atomic E-state index is -0.0569. The summed E-state index contributed by atoms with van der Waals surface area (Å²) < 4.78 is 0. The molecule has 0 radical (unpaired) electrons. The van der Waals surface area contributed by atoms with E-state index in [0.29, 0.717) is 11.3 Å². The summed E-state index contributed by atoms with van der Waals surface area (Å²) in [4.78, 5) is 0. The van der Waals surface area contributed by atoms with Crippen molar-refractivity contribution in [2.24, 2.45) is 46.7 Å². The van der Waals surface area contributed by atoms with Crippen LogP contribution in [0.1, 0.15) is 78.6 Å². The van der Waals surface area contributed by atoms with Crippen molar-refractivity contribution < 1.29 is 0 Å². The van der Waals surface area contributed by atoms with Crippen LogP contribution in [0.3, 0.4) is 0 Å². The summed E-state index contributed by atoms with van der Waals surface area (Å²) in [5.74, 6) is 5.12. The van der Waals surface area contributed by atoms with E-state index in [9.17, 15) is 0 Å². The van der Waals surface area contributed by atoms with E-state index in [1.54, 1.807) is 0 Å². The van der Waals surface area contributed by atoms with E-state index >= 15 is 0 Å². The fourth-order valence-electron chi connectivity index (χ4n) is 7.99. The normalized spacial score (nSPS) is 49.5. The summed E-state index contributed by atoms with van der Waals surface area (Å²) in [7, 11) is 0. The first-order chi connectivity index (χ1) is 12.9. The van der Waals surface area contributed by atoms with Crippen LogP contribution in [0.2, 0.25) is 0 Å². The van der Waals surface area contributed by atoms with Crippen LogP contribution in [0.5, 0.6) is 0 Å². The third kappa shape index (κ3) is 2.73. The highest BCUT2D eigenvalue weighted by atomic mass is 14.9. The monoisotopic (exact) mass is 368 g/mol. The first kappa shape index (κ1) is 19.4. The van der Waals surface area contributed by atoms with Crippen LogP contribution in [-0.4, -0.2) is 11.3 Å². The van der Waals surface area contributed by atoms with Crippen LogP contribution < -0.4 is 5.73 Å². The maximum absolute atomic E-state index is 8.11. The molecule has 0 heterocycles. The molecule has 0 aliphatic heterocycles. The number of hydrogen-bond donors (Lipinski definition) is 2. The molecule has 4 saturated carbocycles. The van der Waals surface area contributed by atoms with Crippen LogP contribution in [0.4, 0.5) is 0 Å². The molecule has 0 aromatic rings. The number of nitrogens with one attached hydrogen (secondary N) is 1. The predicted octanol–water partition coefficient (Wildman–Crippen LogP) is 6.12. The van der Waals surface area contributed by atoms with E-state index in [1.165, 1.54) is 44.1 Å². The molecule has 27 heavy (non-hydrogen) atoms. The van der Waals surface area contributed by atoms with Gasteiger partial charge in [0.1, 0.15) is 0 Å². The van der Waals surface area contributed by atoms with Gasteiger partial charge in [-0.2, -0.15) is 0 Å². The minimum absolute atomic E-state index is 0.0569. The van der Waals surface area contributed by atoms with Crippen molar-refractivity contribution in [2.45, 2.75) is 84.1 Å². The summed E-state index contributed by atoms with van der Waals surface area (Å²) in [6, 6.07) is 0. The maximum Gasteiger partial charge on any atom is 0.0410 e. The van der Waals surface area contributed by atoms with Gasteiger partial charge in [0.25, 0.3) is 0 Å². The molecule has 5 rings (SSSR count). The molecule has 3 N–H and O–H groups in total. The predicted molar refractivity (Wildman–Crippen MR) is 115 cm³/mol. The molecule has 150 valence electrons. The Morgan fingerprint density at radius 3 is 2.63 bits per heavy atom. The summed E-state index contributed by atoms with van der Waals surface area (Å²) in [5, 5.41) is 8.11. The Bertz CT molecular complexity index is 649. The minimum Gasteiger partial charge on any atom is -0.321 e. The van der Waals surface area contributed by atoms with Gasteiger partial charge in [-0.25, -0.2) is 0 Å². The summed E-state index contributed by atoms with van der Waals surface area (Å²) >= 11 is 0. The number of fused-ring (bicyclic) bond motifs is 8. The second kappa shape index (κ2) is 6.87. The fourth-order valence-corrected chi connectivity index (χ4v) is 7.99. The van der Waals surface area contributed by atoms with Crippen LogP contribution in [-0.2, 0) is 0 Å². The molecular weight excluding hydrogens is 328 g/mol. The molecule has 4 fully saturated rings. The van der Waals surface area contributed by atoms with Crippen LogP contribution >= 0.6 is 0 Å². The van der Waals surface area contributed by atoms with Crippen molar-refractivity contribution in [3.63, 3.8) is 0 Å². The topological polar surface area (TPSA) is 49.9 Å². The van der Waals surface area contributed by atoms with Crippen molar-refractivity contribution in [1.29, 1.82) is 5.41 Å². The summed E-state index contributed by atoms with van der Waals surface area (Å²) in [5.41, 5.74) is 10.0. The SMILES string of the molecule is C=CCC.CCC12CCC3C(C4CC4C4=CC(=N)CCC43N)C1CCC2C. The molecule has 8 unspecified atom stereocenters. The molecule has 0 bridgehead atoms. The van der Waals surface area contributed by atoms with Gasteiger partial charge >= 0.3 is 0 Å². The van der Waals surface area contributed by atoms with Crippen molar-refractivity contribution in [2.75, 3.05) is 0 Å². The molecule has 8 atom stereocenters. The Labute approximate surface area is 166 Å². The van der Waals surface area contributed by atoms with Gasteiger partial charge in [0, 0.05) is 11.3 Å². The lowest BCUT2D eigenvalue weighted by Crippen LogP contribution is -2.61. The summed E-state index contributed by atoms with van der Waals surface area (Å²) in [6.07, 6.45) is 15.5. The number of hydrogen-bond acceptors (Lipinski definition) is 2. The van der Waals surface area contributed by atoms with Crippen LogP contribution in [0, 0.1) is 46.3 Å².